The standard InChI is InChI=1S/C26H32O5/c1-12-6-19-21(13(2)24(28)30-19)23(26(3)18(12)4-5-20(26)27)31-25(29)22-16-8-14-7-15(10-16)11-17(22)9-14/h4-5,12,14-19,21-23H,2,6-11H2,1,3H3. The van der Waals surface area contributed by atoms with Gasteiger partial charge in [-0.2, -0.15) is 0 Å². The van der Waals surface area contributed by atoms with E-state index in [1.807, 2.05) is 13.0 Å². The summed E-state index contributed by atoms with van der Waals surface area (Å²) in [6.45, 7) is 8.02. The Bertz CT molecular complexity index is 873. The van der Waals surface area contributed by atoms with E-state index in [9.17, 15) is 14.4 Å². The van der Waals surface area contributed by atoms with Crippen LogP contribution in [0.15, 0.2) is 24.3 Å². The Morgan fingerprint density at radius 3 is 2.39 bits per heavy atom. The van der Waals surface area contributed by atoms with Gasteiger partial charge in [-0.25, -0.2) is 4.79 Å². The molecule has 6 unspecified atom stereocenters. The van der Waals surface area contributed by atoms with Crippen molar-refractivity contribution >= 4 is 17.7 Å². The van der Waals surface area contributed by atoms with Gasteiger partial charge in [0.1, 0.15) is 12.2 Å². The zero-order valence-electron chi connectivity index (χ0n) is 18.4. The van der Waals surface area contributed by atoms with Crippen LogP contribution in [0.25, 0.3) is 0 Å². The molecule has 5 nitrogen and oxygen atoms in total. The number of carbonyl (C=O) groups is 3. The lowest BCUT2D eigenvalue weighted by atomic mass is 9.52. The molecule has 0 amide bonds. The second-order valence-corrected chi connectivity index (χ2v) is 11.6. The van der Waals surface area contributed by atoms with Gasteiger partial charge in [0.05, 0.1) is 17.3 Å². The lowest BCUT2D eigenvalue weighted by molar-refractivity contribution is -0.180. The van der Waals surface area contributed by atoms with Gasteiger partial charge in [0.2, 0.25) is 0 Å². The van der Waals surface area contributed by atoms with Crippen molar-refractivity contribution in [2.45, 2.75) is 64.6 Å². The number of hydrogen-bond donors (Lipinski definition) is 0. The maximum absolute atomic E-state index is 13.7. The first-order chi connectivity index (χ1) is 14.8. The van der Waals surface area contributed by atoms with E-state index in [0.717, 1.165) is 37.5 Å². The molecule has 0 N–H and O–H groups in total. The monoisotopic (exact) mass is 424 g/mol. The number of carbonyl (C=O) groups excluding carboxylic acids is 3. The van der Waals surface area contributed by atoms with E-state index in [-0.39, 0.29) is 35.6 Å². The van der Waals surface area contributed by atoms with Crippen molar-refractivity contribution in [3.63, 3.8) is 0 Å². The van der Waals surface area contributed by atoms with Crippen molar-refractivity contribution in [2.75, 3.05) is 0 Å². The predicted octanol–water partition coefficient (Wildman–Crippen LogP) is 3.87. The van der Waals surface area contributed by atoms with Gasteiger partial charge in [0, 0.05) is 5.57 Å². The largest absolute Gasteiger partial charge is 0.460 e. The summed E-state index contributed by atoms with van der Waals surface area (Å²) in [6, 6.07) is 0. The molecular weight excluding hydrogens is 392 g/mol. The van der Waals surface area contributed by atoms with E-state index >= 15 is 0 Å². The number of allylic oxidation sites excluding steroid dienone is 2. The van der Waals surface area contributed by atoms with Crippen LogP contribution in [0, 0.1) is 52.8 Å². The highest BCUT2D eigenvalue weighted by Gasteiger charge is 2.63. The first-order valence-corrected chi connectivity index (χ1v) is 12.1. The lowest BCUT2D eigenvalue weighted by Crippen LogP contribution is -2.53. The van der Waals surface area contributed by atoms with Crippen molar-refractivity contribution in [3.05, 3.63) is 24.3 Å². The Morgan fingerprint density at radius 2 is 1.74 bits per heavy atom. The molecule has 1 aliphatic heterocycles. The molecule has 0 aromatic heterocycles. The lowest BCUT2D eigenvalue weighted by Gasteiger charge is -2.53. The second-order valence-electron chi connectivity index (χ2n) is 11.6. The average Bonchev–Trinajstić information content (AvgIpc) is 3.12. The molecule has 6 fully saturated rings. The third-order valence-electron chi connectivity index (χ3n) is 9.88. The van der Waals surface area contributed by atoms with E-state index < -0.39 is 23.4 Å². The summed E-state index contributed by atoms with van der Waals surface area (Å²) in [5.41, 5.74) is -0.529. The van der Waals surface area contributed by atoms with Gasteiger partial charge in [-0.1, -0.05) is 19.6 Å². The minimum atomic E-state index is -0.878. The number of esters is 2. The van der Waals surface area contributed by atoms with Gasteiger partial charge < -0.3 is 9.47 Å². The number of hydrogen-bond acceptors (Lipinski definition) is 5. The zero-order chi connectivity index (χ0) is 21.7. The first kappa shape index (κ1) is 19.8. The van der Waals surface area contributed by atoms with Gasteiger partial charge in [-0.05, 0) is 87.0 Å². The third kappa shape index (κ3) is 2.64. The summed E-state index contributed by atoms with van der Waals surface area (Å²) in [7, 11) is 0. The zero-order valence-corrected chi connectivity index (χ0v) is 18.4. The molecule has 7 aliphatic rings. The van der Waals surface area contributed by atoms with Gasteiger partial charge in [-0.3, -0.25) is 9.59 Å². The molecule has 5 saturated carbocycles. The molecular formula is C26H32O5. The van der Waals surface area contributed by atoms with Crippen molar-refractivity contribution in [1.29, 1.82) is 0 Å². The van der Waals surface area contributed by atoms with E-state index in [1.165, 1.54) is 6.42 Å². The minimum absolute atomic E-state index is 0.0139. The van der Waals surface area contributed by atoms with Crippen LogP contribution in [0.2, 0.25) is 0 Å². The Hall–Kier alpha value is -1.91. The molecule has 6 atom stereocenters. The van der Waals surface area contributed by atoms with Gasteiger partial charge >= 0.3 is 11.9 Å². The van der Waals surface area contributed by atoms with Crippen molar-refractivity contribution < 1.29 is 23.9 Å². The molecule has 7 rings (SSSR count). The summed E-state index contributed by atoms with van der Waals surface area (Å²) >= 11 is 0. The first-order valence-electron chi connectivity index (χ1n) is 12.1. The molecule has 0 aromatic carbocycles. The number of fused-ring (bicyclic) bond motifs is 2. The second kappa shape index (κ2) is 6.55. The molecule has 5 heteroatoms. The van der Waals surface area contributed by atoms with Crippen LogP contribution in [-0.4, -0.2) is 29.9 Å². The maximum Gasteiger partial charge on any atom is 0.334 e. The van der Waals surface area contributed by atoms with Gasteiger partial charge in [0.15, 0.2) is 5.78 Å². The fourth-order valence-electron chi connectivity index (χ4n) is 8.66. The van der Waals surface area contributed by atoms with Gasteiger partial charge in [0.25, 0.3) is 0 Å². The van der Waals surface area contributed by atoms with E-state index in [0.29, 0.717) is 23.8 Å². The minimum Gasteiger partial charge on any atom is -0.460 e. The summed E-state index contributed by atoms with van der Waals surface area (Å²) in [5, 5.41) is 0. The molecule has 31 heavy (non-hydrogen) atoms. The number of ketones is 1. The van der Waals surface area contributed by atoms with Crippen LogP contribution in [-0.2, 0) is 23.9 Å². The Kier molecular flexibility index (Phi) is 4.17. The van der Waals surface area contributed by atoms with Crippen LogP contribution < -0.4 is 0 Å². The molecule has 0 radical (unpaired) electrons. The molecule has 166 valence electrons. The molecule has 0 aromatic rings. The molecule has 1 heterocycles. The number of ether oxygens (including phenoxy) is 2. The molecule has 1 saturated heterocycles. The normalized spacial score (nSPS) is 52.0. The van der Waals surface area contributed by atoms with Crippen LogP contribution >= 0.6 is 0 Å². The smallest absolute Gasteiger partial charge is 0.334 e. The van der Waals surface area contributed by atoms with Crippen molar-refractivity contribution in [3.8, 4) is 0 Å². The fourth-order valence-corrected chi connectivity index (χ4v) is 8.66. The molecule has 0 spiro atoms. The summed E-state index contributed by atoms with van der Waals surface area (Å²) < 4.78 is 12.0. The summed E-state index contributed by atoms with van der Waals surface area (Å²) in [6.07, 6.45) is 9.05. The SMILES string of the molecule is C=C1C(=O)OC2CC(C)C3C=CC(=O)C3(C)C(OC(=O)C3C4CC5CC(C4)CC3C5)C12. The molecule has 4 bridgehead atoms. The van der Waals surface area contributed by atoms with E-state index in [1.54, 1.807) is 6.08 Å². The summed E-state index contributed by atoms with van der Waals surface area (Å²) in [4.78, 5) is 39.3. The Morgan fingerprint density at radius 1 is 1.10 bits per heavy atom. The summed E-state index contributed by atoms with van der Waals surface area (Å²) in [5.74, 6) is 1.38. The van der Waals surface area contributed by atoms with Crippen molar-refractivity contribution in [1.82, 2.24) is 0 Å². The van der Waals surface area contributed by atoms with E-state index in [2.05, 4.69) is 13.5 Å². The van der Waals surface area contributed by atoms with Crippen LogP contribution in [0.3, 0.4) is 0 Å². The van der Waals surface area contributed by atoms with Crippen molar-refractivity contribution in [2.24, 2.45) is 52.8 Å². The number of rotatable bonds is 2. The highest BCUT2D eigenvalue weighted by Crippen LogP contribution is 2.58. The van der Waals surface area contributed by atoms with Crippen LogP contribution in [0.5, 0.6) is 0 Å². The average molecular weight is 425 g/mol. The molecule has 6 aliphatic carbocycles. The van der Waals surface area contributed by atoms with Crippen LogP contribution in [0.4, 0.5) is 0 Å². The Labute approximate surface area is 183 Å². The quantitative estimate of drug-likeness (QED) is 0.497. The van der Waals surface area contributed by atoms with E-state index in [4.69, 9.17) is 9.47 Å². The fraction of sp³-hybridized carbons (Fsp3) is 0.731. The maximum atomic E-state index is 13.7. The third-order valence-corrected chi connectivity index (χ3v) is 9.88. The van der Waals surface area contributed by atoms with Crippen LogP contribution in [0.1, 0.15) is 52.4 Å². The van der Waals surface area contributed by atoms with Gasteiger partial charge in [-0.15, -0.1) is 0 Å². The highest BCUT2D eigenvalue weighted by molar-refractivity contribution is 5.99. The predicted molar refractivity (Wildman–Crippen MR) is 112 cm³/mol. The highest BCUT2D eigenvalue weighted by atomic mass is 16.6. The Balaban J connectivity index is 1.35. The topological polar surface area (TPSA) is 69.7 Å².